The number of benzene rings is 2. The average Bonchev–Trinajstić information content (AvgIpc) is 2.68. The number of hydrogen-bond donors (Lipinski definition) is 1. The number of sulfonamides is 1. The summed E-state index contributed by atoms with van der Waals surface area (Å²) in [7, 11) is -3.75. The van der Waals surface area contributed by atoms with Crippen LogP contribution in [0, 0.1) is 11.8 Å². The Kier molecular flexibility index (Phi) is 6.72. The first-order valence-corrected chi connectivity index (χ1v) is 11.1. The second-order valence-corrected chi connectivity index (χ2v) is 9.56. The summed E-state index contributed by atoms with van der Waals surface area (Å²) in [5, 5.41) is 2.50. The van der Waals surface area contributed by atoms with E-state index >= 15 is 0 Å². The van der Waals surface area contributed by atoms with Gasteiger partial charge in [0.2, 0.25) is 10.0 Å². The Balaban J connectivity index is 1.83. The molecule has 6 nitrogen and oxygen atoms in total. The molecule has 2 unspecified atom stereocenters. The molecule has 1 N–H and O–H groups in total. The molecular formula is C21H24F2N2O4S. The van der Waals surface area contributed by atoms with Gasteiger partial charge in [-0.3, -0.25) is 4.79 Å². The average molecular weight is 438 g/mol. The number of nitrogens with one attached hydrogen (secondary N) is 1. The van der Waals surface area contributed by atoms with E-state index in [9.17, 15) is 22.0 Å². The zero-order valence-corrected chi connectivity index (χ0v) is 17.5. The van der Waals surface area contributed by atoms with Crippen LogP contribution in [0.2, 0.25) is 0 Å². The summed E-state index contributed by atoms with van der Waals surface area (Å²) in [4.78, 5) is 12.7. The minimum atomic E-state index is -3.75. The van der Waals surface area contributed by atoms with Gasteiger partial charge in [0.1, 0.15) is 5.75 Å². The summed E-state index contributed by atoms with van der Waals surface area (Å²) in [6.07, 6.45) is 0.967. The molecule has 1 aliphatic heterocycles. The highest BCUT2D eigenvalue weighted by Crippen LogP contribution is 2.28. The van der Waals surface area contributed by atoms with Crippen LogP contribution in [-0.4, -0.2) is 38.3 Å². The third-order valence-corrected chi connectivity index (χ3v) is 6.75. The summed E-state index contributed by atoms with van der Waals surface area (Å²) >= 11 is 0. The van der Waals surface area contributed by atoms with Crippen LogP contribution in [0.25, 0.3) is 0 Å². The van der Waals surface area contributed by atoms with Crippen LogP contribution in [0.5, 0.6) is 5.75 Å². The van der Waals surface area contributed by atoms with Gasteiger partial charge < -0.3 is 10.1 Å². The monoisotopic (exact) mass is 438 g/mol. The van der Waals surface area contributed by atoms with Gasteiger partial charge in [0.25, 0.3) is 5.91 Å². The smallest absolute Gasteiger partial charge is 0.387 e. The number of nitrogens with zero attached hydrogens (tertiary/aromatic N) is 1. The normalized spacial score (nSPS) is 20.2. The summed E-state index contributed by atoms with van der Waals surface area (Å²) in [5.41, 5.74) is 0.163. The SMILES string of the molecule is CC1CC(C)CN(S(=O)(=O)c2cccc(C(=O)Nc3ccccc3OC(F)F)c2)C1. The Bertz CT molecular complexity index is 1000. The number of hydrogen-bond acceptors (Lipinski definition) is 4. The highest BCUT2D eigenvalue weighted by atomic mass is 32.2. The van der Waals surface area contributed by atoms with E-state index < -0.39 is 22.5 Å². The van der Waals surface area contributed by atoms with Gasteiger partial charge in [-0.25, -0.2) is 8.42 Å². The number of carbonyl (C=O) groups is 1. The van der Waals surface area contributed by atoms with Crippen LogP contribution in [0.1, 0.15) is 30.6 Å². The fourth-order valence-corrected chi connectivity index (χ4v) is 5.44. The molecule has 3 rings (SSSR count). The molecule has 1 heterocycles. The Morgan fingerprint density at radius 1 is 1.10 bits per heavy atom. The maximum Gasteiger partial charge on any atom is 0.387 e. The third-order valence-electron chi connectivity index (χ3n) is 4.92. The van der Waals surface area contributed by atoms with Gasteiger partial charge in [-0.05, 0) is 48.6 Å². The predicted molar refractivity (Wildman–Crippen MR) is 109 cm³/mol. The summed E-state index contributed by atoms with van der Waals surface area (Å²) in [5.74, 6) is -0.304. The van der Waals surface area contributed by atoms with Gasteiger partial charge in [0, 0.05) is 18.7 Å². The van der Waals surface area contributed by atoms with E-state index in [1.54, 1.807) is 6.07 Å². The molecule has 0 bridgehead atoms. The second kappa shape index (κ2) is 9.09. The first-order chi connectivity index (χ1) is 14.2. The molecule has 0 aliphatic carbocycles. The molecule has 1 amide bonds. The maximum absolute atomic E-state index is 13.1. The van der Waals surface area contributed by atoms with E-state index in [2.05, 4.69) is 10.1 Å². The lowest BCUT2D eigenvalue weighted by Gasteiger charge is -2.34. The van der Waals surface area contributed by atoms with Gasteiger partial charge in [0.15, 0.2) is 0 Å². The molecule has 9 heteroatoms. The van der Waals surface area contributed by atoms with Crippen LogP contribution in [0.4, 0.5) is 14.5 Å². The van der Waals surface area contributed by atoms with Crippen LogP contribution in [0.15, 0.2) is 53.4 Å². The first kappa shape index (κ1) is 22.2. The van der Waals surface area contributed by atoms with E-state index in [1.165, 1.54) is 46.8 Å². The number of alkyl halides is 2. The molecule has 0 aromatic heterocycles. The minimum absolute atomic E-state index is 0.0218. The van der Waals surface area contributed by atoms with Crippen molar-refractivity contribution in [2.75, 3.05) is 18.4 Å². The number of anilines is 1. The van der Waals surface area contributed by atoms with Crippen molar-refractivity contribution in [1.29, 1.82) is 0 Å². The minimum Gasteiger partial charge on any atom is -0.433 e. The van der Waals surface area contributed by atoms with Crippen molar-refractivity contribution in [2.45, 2.75) is 31.8 Å². The molecule has 162 valence electrons. The van der Waals surface area contributed by atoms with Crippen molar-refractivity contribution in [2.24, 2.45) is 11.8 Å². The highest BCUT2D eigenvalue weighted by molar-refractivity contribution is 7.89. The fraction of sp³-hybridized carbons (Fsp3) is 0.381. The van der Waals surface area contributed by atoms with Gasteiger partial charge in [-0.2, -0.15) is 13.1 Å². The zero-order valence-electron chi connectivity index (χ0n) is 16.7. The van der Waals surface area contributed by atoms with Gasteiger partial charge in [0.05, 0.1) is 10.6 Å². The molecular weight excluding hydrogens is 414 g/mol. The van der Waals surface area contributed by atoms with Crippen molar-refractivity contribution >= 4 is 21.6 Å². The quantitative estimate of drug-likeness (QED) is 0.733. The van der Waals surface area contributed by atoms with E-state index in [1.807, 2.05) is 13.8 Å². The van der Waals surface area contributed by atoms with E-state index in [4.69, 9.17) is 0 Å². The number of amides is 1. The molecule has 0 spiro atoms. The van der Waals surface area contributed by atoms with E-state index in [0.29, 0.717) is 13.1 Å². The Morgan fingerprint density at radius 2 is 1.77 bits per heavy atom. The summed E-state index contributed by atoms with van der Waals surface area (Å²) in [6, 6.07) is 11.5. The molecule has 2 atom stereocenters. The topological polar surface area (TPSA) is 75.7 Å². The standard InChI is InChI=1S/C21H24F2N2O4S/c1-14-10-15(2)13-25(12-14)30(27,28)17-7-5-6-16(11-17)20(26)24-18-8-3-4-9-19(18)29-21(22)23/h3-9,11,14-15,21H,10,12-13H2,1-2H3,(H,24,26). The van der Waals surface area contributed by atoms with Crippen molar-refractivity contribution in [1.82, 2.24) is 4.31 Å². The molecule has 0 saturated carbocycles. The van der Waals surface area contributed by atoms with E-state index in [-0.39, 0.29) is 33.7 Å². The summed E-state index contributed by atoms with van der Waals surface area (Å²) in [6.45, 7) is 1.86. The summed E-state index contributed by atoms with van der Waals surface area (Å²) < 4.78 is 57.2. The molecule has 1 aliphatic rings. The fourth-order valence-electron chi connectivity index (χ4n) is 3.71. The molecule has 0 radical (unpaired) electrons. The van der Waals surface area contributed by atoms with E-state index in [0.717, 1.165) is 6.42 Å². The van der Waals surface area contributed by atoms with Crippen molar-refractivity contribution in [3.05, 3.63) is 54.1 Å². The number of piperidine rings is 1. The molecule has 30 heavy (non-hydrogen) atoms. The van der Waals surface area contributed by atoms with Gasteiger partial charge >= 0.3 is 6.61 Å². The zero-order chi connectivity index (χ0) is 21.9. The van der Waals surface area contributed by atoms with Crippen molar-refractivity contribution in [3.8, 4) is 5.75 Å². The van der Waals surface area contributed by atoms with Crippen molar-refractivity contribution in [3.63, 3.8) is 0 Å². The second-order valence-electron chi connectivity index (χ2n) is 7.62. The number of para-hydroxylation sites is 2. The number of carbonyl (C=O) groups excluding carboxylic acids is 1. The lowest BCUT2D eigenvalue weighted by Crippen LogP contribution is -2.42. The van der Waals surface area contributed by atoms with Crippen LogP contribution < -0.4 is 10.1 Å². The Hall–Kier alpha value is -2.52. The van der Waals surface area contributed by atoms with Crippen LogP contribution >= 0.6 is 0 Å². The highest BCUT2D eigenvalue weighted by Gasteiger charge is 2.32. The van der Waals surface area contributed by atoms with Crippen LogP contribution in [0.3, 0.4) is 0 Å². The third kappa shape index (κ3) is 5.14. The number of rotatable bonds is 6. The van der Waals surface area contributed by atoms with Gasteiger partial charge in [-0.15, -0.1) is 0 Å². The maximum atomic E-state index is 13.1. The lowest BCUT2D eigenvalue weighted by molar-refractivity contribution is -0.0493. The molecule has 1 saturated heterocycles. The predicted octanol–water partition coefficient (Wildman–Crippen LogP) is 4.21. The lowest BCUT2D eigenvalue weighted by atomic mass is 9.94. The van der Waals surface area contributed by atoms with Crippen LogP contribution in [-0.2, 0) is 10.0 Å². The number of ether oxygens (including phenoxy) is 1. The Labute approximate surface area is 174 Å². The van der Waals surface area contributed by atoms with Gasteiger partial charge in [-0.1, -0.05) is 32.0 Å². The first-order valence-electron chi connectivity index (χ1n) is 9.62. The molecule has 1 fully saturated rings. The number of halogens is 2. The molecule has 2 aromatic rings. The molecule has 2 aromatic carbocycles. The largest absolute Gasteiger partial charge is 0.433 e. The Morgan fingerprint density at radius 3 is 2.43 bits per heavy atom. The van der Waals surface area contributed by atoms with Crippen molar-refractivity contribution < 1.29 is 26.7 Å².